The molecule has 0 unspecified atom stereocenters. The Kier molecular flexibility index (Phi) is 11.2. The molecular formula is C16H28N4O4S2. The Morgan fingerprint density at radius 3 is 2.27 bits per heavy atom. The fraction of sp³-hybridized carbons (Fsp3) is 0.750. The van der Waals surface area contributed by atoms with Crippen LogP contribution in [0.15, 0.2) is 0 Å². The number of carbonyl (C=O) groups is 4. The number of hydrogen-bond acceptors (Lipinski definition) is 6. The fourth-order valence-electron chi connectivity index (χ4n) is 2.41. The zero-order valence-electron chi connectivity index (χ0n) is 15.3. The second-order valence-corrected chi connectivity index (χ2v) is 9.07. The van der Waals surface area contributed by atoms with Crippen LogP contribution in [0.4, 0.5) is 9.59 Å². The first-order valence-corrected chi connectivity index (χ1v) is 11.3. The van der Waals surface area contributed by atoms with Gasteiger partial charge in [-0.15, -0.1) is 0 Å². The van der Waals surface area contributed by atoms with Gasteiger partial charge in [0.05, 0.1) is 5.75 Å². The molecule has 8 nitrogen and oxygen atoms in total. The second kappa shape index (κ2) is 12.9. The van der Waals surface area contributed by atoms with E-state index in [0.717, 1.165) is 25.7 Å². The third-order valence-corrected chi connectivity index (χ3v) is 5.81. The zero-order chi connectivity index (χ0) is 19.4. The zero-order valence-corrected chi connectivity index (χ0v) is 16.9. The topological polar surface area (TPSA) is 116 Å². The summed E-state index contributed by atoms with van der Waals surface area (Å²) in [7, 11) is 2.72. The highest BCUT2D eigenvalue weighted by molar-refractivity contribution is 8.76. The van der Waals surface area contributed by atoms with Gasteiger partial charge in [-0.2, -0.15) is 0 Å². The van der Waals surface area contributed by atoms with Gasteiger partial charge >= 0.3 is 12.1 Å². The summed E-state index contributed by atoms with van der Waals surface area (Å²) in [4.78, 5) is 46.2. The molecule has 0 atom stereocenters. The van der Waals surface area contributed by atoms with Gasteiger partial charge in [-0.05, 0) is 18.8 Å². The first kappa shape index (κ1) is 22.6. The van der Waals surface area contributed by atoms with Crippen molar-refractivity contribution in [1.29, 1.82) is 0 Å². The standard InChI is InChI=1S/C16H28N4O4S2/c1-11(2)9-13(21)19-15(23)17-7-8-25-26-10-14(22)20-16(24)18-12-5-3-4-6-12/h11-12H,3-10H2,1-2H3,(H2,17,19,21,23)(H2,18,20,22,24). The normalized spacial score (nSPS) is 14.1. The fourth-order valence-corrected chi connectivity index (χ4v) is 4.15. The van der Waals surface area contributed by atoms with Crippen LogP contribution in [-0.4, -0.2) is 48.0 Å². The van der Waals surface area contributed by atoms with Gasteiger partial charge in [0.15, 0.2) is 0 Å². The highest BCUT2D eigenvalue weighted by atomic mass is 33.1. The first-order chi connectivity index (χ1) is 12.4. The molecule has 148 valence electrons. The third kappa shape index (κ3) is 11.2. The molecule has 1 fully saturated rings. The van der Waals surface area contributed by atoms with Crippen molar-refractivity contribution in [2.75, 3.05) is 18.1 Å². The summed E-state index contributed by atoms with van der Waals surface area (Å²) >= 11 is 0. The summed E-state index contributed by atoms with van der Waals surface area (Å²) in [6.45, 7) is 4.18. The molecule has 0 bridgehead atoms. The van der Waals surface area contributed by atoms with Crippen molar-refractivity contribution in [1.82, 2.24) is 21.3 Å². The van der Waals surface area contributed by atoms with Crippen molar-refractivity contribution in [3.05, 3.63) is 0 Å². The number of urea groups is 2. The molecule has 0 aliphatic heterocycles. The van der Waals surface area contributed by atoms with E-state index in [1.54, 1.807) is 0 Å². The van der Waals surface area contributed by atoms with Gasteiger partial charge in [-0.1, -0.05) is 48.3 Å². The van der Waals surface area contributed by atoms with E-state index in [1.807, 2.05) is 13.8 Å². The van der Waals surface area contributed by atoms with Gasteiger partial charge in [0.25, 0.3) is 0 Å². The molecule has 1 aliphatic carbocycles. The number of nitrogens with one attached hydrogen (secondary N) is 4. The second-order valence-electron chi connectivity index (χ2n) is 6.49. The Morgan fingerprint density at radius 2 is 1.62 bits per heavy atom. The Balaban J connectivity index is 1.98. The van der Waals surface area contributed by atoms with Crippen LogP contribution >= 0.6 is 21.6 Å². The van der Waals surface area contributed by atoms with Gasteiger partial charge in [0.2, 0.25) is 11.8 Å². The molecule has 26 heavy (non-hydrogen) atoms. The predicted molar refractivity (Wildman–Crippen MR) is 105 cm³/mol. The van der Waals surface area contributed by atoms with Crippen LogP contribution in [-0.2, 0) is 9.59 Å². The molecule has 4 N–H and O–H groups in total. The summed E-state index contributed by atoms with van der Waals surface area (Å²) in [5.41, 5.74) is 0. The lowest BCUT2D eigenvalue weighted by Crippen LogP contribution is -2.44. The molecule has 0 aromatic carbocycles. The number of imide groups is 2. The van der Waals surface area contributed by atoms with Crippen molar-refractivity contribution in [2.45, 2.75) is 52.0 Å². The van der Waals surface area contributed by atoms with Crippen LogP contribution in [0.5, 0.6) is 0 Å². The summed E-state index contributed by atoms with van der Waals surface area (Å²) in [5, 5.41) is 9.94. The summed E-state index contributed by atoms with van der Waals surface area (Å²) < 4.78 is 0. The third-order valence-electron chi connectivity index (χ3n) is 3.53. The maximum absolute atomic E-state index is 11.7. The van der Waals surface area contributed by atoms with E-state index < -0.39 is 12.1 Å². The average molecular weight is 405 g/mol. The first-order valence-electron chi connectivity index (χ1n) is 8.79. The Labute approximate surface area is 162 Å². The highest BCUT2D eigenvalue weighted by Gasteiger charge is 2.18. The van der Waals surface area contributed by atoms with E-state index in [9.17, 15) is 19.2 Å². The molecule has 1 rings (SSSR count). The minimum atomic E-state index is -0.512. The van der Waals surface area contributed by atoms with E-state index in [0.29, 0.717) is 18.7 Å². The molecule has 1 aliphatic rings. The lowest BCUT2D eigenvalue weighted by Gasteiger charge is -2.12. The van der Waals surface area contributed by atoms with Crippen LogP contribution in [0, 0.1) is 5.92 Å². The van der Waals surface area contributed by atoms with Gasteiger partial charge in [0.1, 0.15) is 0 Å². The molecule has 0 saturated heterocycles. The predicted octanol–water partition coefficient (Wildman–Crippen LogP) is 2.01. The van der Waals surface area contributed by atoms with Gasteiger partial charge in [-0.3, -0.25) is 20.2 Å². The molecule has 6 amide bonds. The van der Waals surface area contributed by atoms with E-state index >= 15 is 0 Å². The largest absolute Gasteiger partial charge is 0.337 e. The Hall–Kier alpha value is -1.42. The van der Waals surface area contributed by atoms with Crippen LogP contribution in [0.2, 0.25) is 0 Å². The lowest BCUT2D eigenvalue weighted by atomic mass is 10.1. The average Bonchev–Trinajstić information content (AvgIpc) is 3.02. The minimum absolute atomic E-state index is 0.155. The summed E-state index contributed by atoms with van der Waals surface area (Å²) in [6, 6.07) is -0.769. The smallest absolute Gasteiger partial charge is 0.321 e. The maximum atomic E-state index is 11.7. The van der Waals surface area contributed by atoms with E-state index in [4.69, 9.17) is 0 Å². The Bertz CT molecular complexity index is 497. The van der Waals surface area contributed by atoms with Crippen LogP contribution in [0.3, 0.4) is 0 Å². The quantitative estimate of drug-likeness (QED) is 0.345. The van der Waals surface area contributed by atoms with Crippen LogP contribution in [0.1, 0.15) is 46.0 Å². The Morgan fingerprint density at radius 1 is 0.962 bits per heavy atom. The van der Waals surface area contributed by atoms with Gasteiger partial charge < -0.3 is 10.6 Å². The SMILES string of the molecule is CC(C)CC(=O)NC(=O)NCCSSCC(=O)NC(=O)NC1CCCC1. The summed E-state index contributed by atoms with van der Waals surface area (Å²) in [6.07, 6.45) is 4.47. The molecule has 0 heterocycles. The molecule has 1 saturated carbocycles. The van der Waals surface area contributed by atoms with Crippen molar-refractivity contribution in [3.8, 4) is 0 Å². The van der Waals surface area contributed by atoms with E-state index in [2.05, 4.69) is 21.3 Å². The minimum Gasteiger partial charge on any atom is -0.337 e. The van der Waals surface area contributed by atoms with Crippen molar-refractivity contribution in [2.24, 2.45) is 5.92 Å². The highest BCUT2D eigenvalue weighted by Crippen LogP contribution is 2.20. The number of hydrogen-bond donors (Lipinski definition) is 4. The van der Waals surface area contributed by atoms with Gasteiger partial charge in [0, 0.05) is 24.8 Å². The monoisotopic (exact) mass is 404 g/mol. The van der Waals surface area contributed by atoms with Crippen LogP contribution < -0.4 is 21.3 Å². The van der Waals surface area contributed by atoms with E-state index in [1.165, 1.54) is 21.6 Å². The molecule has 0 aromatic rings. The van der Waals surface area contributed by atoms with Crippen LogP contribution in [0.25, 0.3) is 0 Å². The molecule has 0 radical (unpaired) electrons. The van der Waals surface area contributed by atoms with Gasteiger partial charge in [-0.25, -0.2) is 9.59 Å². The number of rotatable bonds is 9. The maximum Gasteiger partial charge on any atom is 0.321 e. The van der Waals surface area contributed by atoms with E-state index in [-0.39, 0.29) is 29.5 Å². The lowest BCUT2D eigenvalue weighted by molar-refractivity contribution is -0.120. The molecule has 0 spiro atoms. The summed E-state index contributed by atoms with van der Waals surface area (Å²) in [5.74, 6) is 0.288. The number of carbonyl (C=O) groups excluding carboxylic acids is 4. The number of amides is 6. The molecule has 0 aromatic heterocycles. The van der Waals surface area contributed by atoms with Crippen molar-refractivity contribution >= 4 is 45.5 Å². The van der Waals surface area contributed by atoms with Crippen molar-refractivity contribution < 1.29 is 19.2 Å². The molecular weight excluding hydrogens is 376 g/mol. The molecule has 10 heteroatoms. The van der Waals surface area contributed by atoms with Crippen molar-refractivity contribution in [3.63, 3.8) is 0 Å².